The zero-order chi connectivity index (χ0) is 13.9. The van der Waals surface area contributed by atoms with Gasteiger partial charge in [0.1, 0.15) is 5.54 Å². The summed E-state index contributed by atoms with van der Waals surface area (Å²) in [5.41, 5.74) is 5.08. The van der Waals surface area contributed by atoms with Gasteiger partial charge in [-0.25, -0.2) is 0 Å². The molecule has 0 spiro atoms. The number of hydrogen-bond acceptors (Lipinski definition) is 4. The van der Waals surface area contributed by atoms with E-state index in [1.165, 1.54) is 0 Å². The molecular formula is C14H26N2O3. The van der Waals surface area contributed by atoms with E-state index in [1.54, 1.807) is 7.11 Å². The highest BCUT2D eigenvalue weighted by atomic mass is 16.5. The van der Waals surface area contributed by atoms with Crippen molar-refractivity contribution in [2.75, 3.05) is 26.7 Å². The van der Waals surface area contributed by atoms with Gasteiger partial charge in [-0.15, -0.1) is 0 Å². The average molecular weight is 270 g/mol. The zero-order valence-corrected chi connectivity index (χ0v) is 11.8. The summed E-state index contributed by atoms with van der Waals surface area (Å²) >= 11 is 0. The number of carboxylic acids is 1. The topological polar surface area (TPSA) is 75.8 Å². The van der Waals surface area contributed by atoms with Crippen LogP contribution >= 0.6 is 0 Å². The first kappa shape index (κ1) is 14.8. The zero-order valence-electron chi connectivity index (χ0n) is 11.8. The van der Waals surface area contributed by atoms with Crippen LogP contribution in [-0.2, 0) is 9.53 Å². The lowest BCUT2D eigenvalue weighted by Crippen LogP contribution is -2.52. The van der Waals surface area contributed by atoms with Crippen molar-refractivity contribution >= 4 is 5.97 Å². The normalized spacial score (nSPS) is 36.5. The monoisotopic (exact) mass is 270 g/mol. The largest absolute Gasteiger partial charge is 0.480 e. The number of aliphatic carboxylic acids is 1. The van der Waals surface area contributed by atoms with Crippen LogP contribution < -0.4 is 5.73 Å². The Morgan fingerprint density at radius 1 is 1.47 bits per heavy atom. The fraction of sp³-hybridized carbons (Fsp3) is 0.929. The smallest absolute Gasteiger partial charge is 0.323 e. The maximum atomic E-state index is 11.3. The summed E-state index contributed by atoms with van der Waals surface area (Å²) in [6.45, 7) is 3.00. The SMILES string of the molecule is COC1CCCN(CCC2CCCC2(N)C(=O)O)C1. The Labute approximate surface area is 115 Å². The molecule has 5 heteroatoms. The molecule has 0 aromatic carbocycles. The second-order valence-electron chi connectivity index (χ2n) is 6.02. The summed E-state index contributed by atoms with van der Waals surface area (Å²) in [5, 5.41) is 9.30. The maximum Gasteiger partial charge on any atom is 0.323 e. The van der Waals surface area contributed by atoms with Crippen molar-refractivity contribution in [2.24, 2.45) is 11.7 Å². The van der Waals surface area contributed by atoms with Gasteiger partial charge >= 0.3 is 5.97 Å². The molecule has 110 valence electrons. The number of nitrogens with zero attached hydrogens (tertiary/aromatic N) is 1. The molecule has 1 saturated heterocycles. The van der Waals surface area contributed by atoms with Gasteiger partial charge < -0.3 is 20.5 Å². The predicted octanol–water partition coefficient (Wildman–Crippen LogP) is 1.07. The molecule has 0 amide bonds. The number of nitrogens with two attached hydrogens (primary N) is 1. The van der Waals surface area contributed by atoms with Crippen LogP contribution in [-0.4, -0.2) is 54.4 Å². The summed E-state index contributed by atoms with van der Waals surface area (Å²) in [6.07, 6.45) is 6.02. The molecular weight excluding hydrogens is 244 g/mol. The van der Waals surface area contributed by atoms with Crippen LogP contribution in [0.1, 0.15) is 38.5 Å². The lowest BCUT2D eigenvalue weighted by atomic mass is 9.85. The lowest BCUT2D eigenvalue weighted by Gasteiger charge is -2.34. The van der Waals surface area contributed by atoms with E-state index in [2.05, 4.69) is 4.90 Å². The molecule has 0 bridgehead atoms. The van der Waals surface area contributed by atoms with Crippen molar-refractivity contribution in [3.63, 3.8) is 0 Å². The molecule has 3 atom stereocenters. The first-order chi connectivity index (χ1) is 9.06. The van der Waals surface area contributed by atoms with Crippen LogP contribution in [0.2, 0.25) is 0 Å². The second kappa shape index (κ2) is 6.20. The average Bonchev–Trinajstić information content (AvgIpc) is 2.79. The Bertz CT molecular complexity index is 324. The van der Waals surface area contributed by atoms with Crippen molar-refractivity contribution in [1.29, 1.82) is 0 Å². The van der Waals surface area contributed by atoms with E-state index in [1.807, 2.05) is 0 Å². The van der Waals surface area contributed by atoms with Gasteiger partial charge in [0.25, 0.3) is 0 Å². The molecule has 3 unspecified atom stereocenters. The van der Waals surface area contributed by atoms with Crippen LogP contribution in [0.4, 0.5) is 0 Å². The number of hydrogen-bond donors (Lipinski definition) is 2. The van der Waals surface area contributed by atoms with Crippen molar-refractivity contribution in [3.8, 4) is 0 Å². The third-order valence-corrected chi connectivity index (χ3v) is 4.86. The van der Waals surface area contributed by atoms with Crippen molar-refractivity contribution in [3.05, 3.63) is 0 Å². The highest BCUT2D eigenvalue weighted by Crippen LogP contribution is 2.36. The highest BCUT2D eigenvalue weighted by molar-refractivity contribution is 5.79. The van der Waals surface area contributed by atoms with Gasteiger partial charge in [0, 0.05) is 13.7 Å². The summed E-state index contributed by atoms with van der Waals surface area (Å²) in [5.74, 6) is -0.712. The molecule has 2 aliphatic rings. The minimum Gasteiger partial charge on any atom is -0.480 e. The summed E-state index contributed by atoms with van der Waals surface area (Å²) in [4.78, 5) is 13.7. The Kier molecular flexibility index (Phi) is 4.81. The molecule has 2 rings (SSSR count). The predicted molar refractivity (Wildman–Crippen MR) is 73.0 cm³/mol. The Hall–Kier alpha value is -0.650. The minimum absolute atomic E-state index is 0.118. The number of carbonyl (C=O) groups is 1. The van der Waals surface area contributed by atoms with Gasteiger partial charge in [0.05, 0.1) is 6.10 Å². The highest BCUT2D eigenvalue weighted by Gasteiger charge is 2.45. The quantitative estimate of drug-likeness (QED) is 0.781. The first-order valence-electron chi connectivity index (χ1n) is 7.33. The molecule has 0 aromatic rings. The van der Waals surface area contributed by atoms with Crippen LogP contribution in [0.15, 0.2) is 0 Å². The molecule has 0 aromatic heterocycles. The van der Waals surface area contributed by atoms with E-state index in [4.69, 9.17) is 10.5 Å². The van der Waals surface area contributed by atoms with Crippen LogP contribution in [0, 0.1) is 5.92 Å². The number of ether oxygens (including phenoxy) is 1. The molecule has 19 heavy (non-hydrogen) atoms. The minimum atomic E-state index is -0.990. The molecule has 0 radical (unpaired) electrons. The maximum absolute atomic E-state index is 11.3. The van der Waals surface area contributed by atoms with Gasteiger partial charge in [0.2, 0.25) is 0 Å². The van der Waals surface area contributed by atoms with Gasteiger partial charge in [-0.1, -0.05) is 6.42 Å². The van der Waals surface area contributed by atoms with Crippen LogP contribution in [0.25, 0.3) is 0 Å². The van der Waals surface area contributed by atoms with Gasteiger partial charge in [-0.3, -0.25) is 4.79 Å². The van der Waals surface area contributed by atoms with E-state index >= 15 is 0 Å². The van der Waals surface area contributed by atoms with Gasteiger partial charge in [-0.05, 0) is 51.1 Å². The summed E-state index contributed by atoms with van der Waals surface area (Å²) in [6, 6.07) is 0. The number of methoxy groups -OCH3 is 1. The Morgan fingerprint density at radius 3 is 2.95 bits per heavy atom. The second-order valence-corrected chi connectivity index (χ2v) is 6.02. The Morgan fingerprint density at radius 2 is 2.26 bits per heavy atom. The molecule has 1 heterocycles. The standard InChI is InChI=1S/C14H26N2O3/c1-19-12-5-3-8-16(10-12)9-6-11-4-2-7-14(11,15)13(17)18/h11-12H,2-10,15H2,1H3,(H,17,18). The third-order valence-electron chi connectivity index (χ3n) is 4.86. The number of piperidine rings is 1. The number of likely N-dealkylation sites (tertiary alicyclic amines) is 1. The number of rotatable bonds is 5. The number of carboxylic acid groups (broad SMARTS) is 1. The van der Waals surface area contributed by atoms with E-state index in [-0.39, 0.29) is 5.92 Å². The van der Waals surface area contributed by atoms with Gasteiger partial charge in [-0.2, -0.15) is 0 Å². The van der Waals surface area contributed by atoms with E-state index < -0.39 is 11.5 Å². The molecule has 1 aliphatic carbocycles. The van der Waals surface area contributed by atoms with Crippen molar-refractivity contribution < 1.29 is 14.6 Å². The van der Waals surface area contributed by atoms with E-state index in [0.717, 1.165) is 51.7 Å². The van der Waals surface area contributed by atoms with Crippen molar-refractivity contribution in [2.45, 2.75) is 50.2 Å². The van der Waals surface area contributed by atoms with Crippen LogP contribution in [0.3, 0.4) is 0 Å². The van der Waals surface area contributed by atoms with E-state index in [0.29, 0.717) is 12.5 Å². The van der Waals surface area contributed by atoms with E-state index in [9.17, 15) is 9.90 Å². The Balaban J connectivity index is 1.83. The first-order valence-corrected chi connectivity index (χ1v) is 7.33. The lowest BCUT2D eigenvalue weighted by molar-refractivity contribution is -0.145. The van der Waals surface area contributed by atoms with Gasteiger partial charge in [0.15, 0.2) is 0 Å². The summed E-state index contributed by atoms with van der Waals surface area (Å²) in [7, 11) is 1.76. The fourth-order valence-corrected chi connectivity index (χ4v) is 3.53. The molecule has 1 aliphatic heterocycles. The molecule has 3 N–H and O–H groups in total. The fourth-order valence-electron chi connectivity index (χ4n) is 3.53. The molecule has 5 nitrogen and oxygen atoms in total. The summed E-state index contributed by atoms with van der Waals surface area (Å²) < 4.78 is 5.41. The molecule has 1 saturated carbocycles. The van der Waals surface area contributed by atoms with Crippen LogP contribution in [0.5, 0.6) is 0 Å². The third kappa shape index (κ3) is 3.27. The molecule has 2 fully saturated rings. The van der Waals surface area contributed by atoms with Crippen molar-refractivity contribution in [1.82, 2.24) is 4.90 Å².